The summed E-state index contributed by atoms with van der Waals surface area (Å²) in [5.41, 5.74) is 2.74. The lowest BCUT2D eigenvalue weighted by molar-refractivity contribution is -0.135. The number of aromatic nitrogens is 2. The van der Waals surface area contributed by atoms with Gasteiger partial charge in [-0.15, -0.1) is 0 Å². The first-order valence-electron chi connectivity index (χ1n) is 13.2. The molecule has 2 aliphatic carbocycles. The van der Waals surface area contributed by atoms with E-state index in [-0.39, 0.29) is 23.9 Å². The Bertz CT molecular complexity index is 1040. The zero-order valence-corrected chi connectivity index (χ0v) is 20.8. The minimum absolute atomic E-state index is 0.0244. The van der Waals surface area contributed by atoms with Gasteiger partial charge in [0.2, 0.25) is 5.91 Å². The number of hydrogen-bond acceptors (Lipinski definition) is 3. The van der Waals surface area contributed by atoms with Crippen molar-refractivity contribution < 1.29 is 9.59 Å². The molecule has 0 spiro atoms. The maximum atomic E-state index is 13.9. The molecule has 1 aromatic heterocycles. The van der Waals surface area contributed by atoms with E-state index in [4.69, 9.17) is 5.10 Å². The number of amides is 2. The van der Waals surface area contributed by atoms with Gasteiger partial charge >= 0.3 is 0 Å². The number of carbonyl (C=O) groups excluding carboxylic acids is 2. The third kappa shape index (κ3) is 4.16. The molecular formula is C28H38N4O2. The van der Waals surface area contributed by atoms with E-state index in [2.05, 4.69) is 43.4 Å². The van der Waals surface area contributed by atoms with E-state index in [1.165, 1.54) is 12.0 Å². The zero-order valence-electron chi connectivity index (χ0n) is 20.8. The van der Waals surface area contributed by atoms with Gasteiger partial charge in [0.25, 0.3) is 5.91 Å². The van der Waals surface area contributed by atoms with Gasteiger partial charge in [0.05, 0.1) is 12.2 Å². The van der Waals surface area contributed by atoms with E-state index in [9.17, 15) is 9.59 Å². The summed E-state index contributed by atoms with van der Waals surface area (Å²) in [6.07, 6.45) is 9.79. The molecular weight excluding hydrogens is 424 g/mol. The fourth-order valence-corrected chi connectivity index (χ4v) is 6.10. The van der Waals surface area contributed by atoms with E-state index < -0.39 is 5.54 Å². The molecule has 0 bridgehead atoms. The van der Waals surface area contributed by atoms with Gasteiger partial charge in [0, 0.05) is 17.6 Å². The van der Waals surface area contributed by atoms with E-state index >= 15 is 0 Å². The highest BCUT2D eigenvalue weighted by Gasteiger charge is 2.51. The summed E-state index contributed by atoms with van der Waals surface area (Å²) in [4.78, 5) is 29.5. The molecule has 2 aromatic rings. The molecule has 0 radical (unpaired) electrons. The predicted molar refractivity (Wildman–Crippen MR) is 134 cm³/mol. The van der Waals surface area contributed by atoms with Gasteiger partial charge in [-0.3, -0.25) is 14.3 Å². The molecule has 0 unspecified atom stereocenters. The maximum absolute atomic E-state index is 13.9. The fourth-order valence-electron chi connectivity index (χ4n) is 6.10. The van der Waals surface area contributed by atoms with Crippen LogP contribution in [0.2, 0.25) is 0 Å². The number of carbonyl (C=O) groups is 2. The van der Waals surface area contributed by atoms with Crippen LogP contribution in [0.15, 0.2) is 30.3 Å². The molecule has 2 amide bonds. The monoisotopic (exact) mass is 462 g/mol. The summed E-state index contributed by atoms with van der Waals surface area (Å²) in [5.74, 6) is 0.384. The topological polar surface area (TPSA) is 67.2 Å². The molecule has 0 saturated heterocycles. The number of nitrogens with zero attached hydrogens (tertiary/aromatic N) is 3. The molecule has 5 rings (SSSR count). The summed E-state index contributed by atoms with van der Waals surface area (Å²) < 4.78 is 1.78. The molecule has 1 aromatic carbocycles. The van der Waals surface area contributed by atoms with Gasteiger partial charge < -0.3 is 10.2 Å². The molecule has 6 nitrogen and oxygen atoms in total. The van der Waals surface area contributed by atoms with Gasteiger partial charge in [0.1, 0.15) is 11.2 Å². The van der Waals surface area contributed by atoms with Crippen molar-refractivity contribution in [2.45, 2.75) is 109 Å². The summed E-state index contributed by atoms with van der Waals surface area (Å²) in [6, 6.07) is 10.7. The molecule has 1 aliphatic heterocycles. The first-order valence-corrected chi connectivity index (χ1v) is 13.2. The minimum atomic E-state index is -0.929. The Kier molecular flexibility index (Phi) is 6.26. The molecule has 2 heterocycles. The average molecular weight is 463 g/mol. The van der Waals surface area contributed by atoms with E-state index in [1.807, 2.05) is 17.9 Å². The lowest BCUT2D eigenvalue weighted by Gasteiger charge is -2.47. The fraction of sp³-hybridized carbons (Fsp3) is 0.607. The lowest BCUT2D eigenvalue weighted by atomic mass is 9.90. The van der Waals surface area contributed by atoms with Gasteiger partial charge in [0.15, 0.2) is 0 Å². The largest absolute Gasteiger partial charge is 0.351 e. The molecule has 182 valence electrons. The Morgan fingerprint density at radius 2 is 1.68 bits per heavy atom. The van der Waals surface area contributed by atoms with Crippen molar-refractivity contribution in [2.24, 2.45) is 0 Å². The summed E-state index contributed by atoms with van der Waals surface area (Å²) in [7, 11) is 0. The number of nitrogens with one attached hydrogen (secondary N) is 1. The third-order valence-electron chi connectivity index (χ3n) is 8.20. The van der Waals surface area contributed by atoms with Crippen LogP contribution in [0.4, 0.5) is 0 Å². The van der Waals surface area contributed by atoms with Crippen LogP contribution in [-0.4, -0.2) is 44.1 Å². The lowest BCUT2D eigenvalue weighted by Crippen LogP contribution is -2.67. The Hall–Kier alpha value is -2.63. The van der Waals surface area contributed by atoms with Crippen LogP contribution in [0, 0.1) is 0 Å². The van der Waals surface area contributed by atoms with Gasteiger partial charge in [-0.2, -0.15) is 5.10 Å². The first-order chi connectivity index (χ1) is 16.4. The highest BCUT2D eigenvalue weighted by atomic mass is 16.2. The van der Waals surface area contributed by atoms with Crippen LogP contribution in [0.1, 0.15) is 101 Å². The maximum Gasteiger partial charge on any atom is 0.273 e. The number of benzene rings is 1. The number of rotatable bonds is 5. The number of fused-ring (bicyclic) bond motifs is 1. The smallest absolute Gasteiger partial charge is 0.273 e. The van der Waals surface area contributed by atoms with Gasteiger partial charge in [-0.05, 0) is 50.2 Å². The molecule has 1 atom stereocenters. The number of hydrogen-bond donors (Lipinski definition) is 1. The Morgan fingerprint density at radius 3 is 2.32 bits per heavy atom. The predicted octanol–water partition coefficient (Wildman–Crippen LogP) is 5.28. The molecule has 1 N–H and O–H groups in total. The second-order valence-electron chi connectivity index (χ2n) is 11.0. The van der Waals surface area contributed by atoms with E-state index in [0.717, 1.165) is 62.6 Å². The summed E-state index contributed by atoms with van der Waals surface area (Å²) >= 11 is 0. The highest BCUT2D eigenvalue weighted by molar-refractivity contribution is 6.00. The van der Waals surface area contributed by atoms with Crippen LogP contribution >= 0.6 is 0 Å². The molecule has 2 fully saturated rings. The van der Waals surface area contributed by atoms with E-state index in [1.54, 1.807) is 4.68 Å². The van der Waals surface area contributed by atoms with Crippen LogP contribution < -0.4 is 5.32 Å². The van der Waals surface area contributed by atoms with E-state index in [0.29, 0.717) is 18.2 Å². The third-order valence-corrected chi connectivity index (χ3v) is 8.20. The molecule has 3 aliphatic rings. The summed E-state index contributed by atoms with van der Waals surface area (Å²) in [5, 5.41) is 8.14. The minimum Gasteiger partial charge on any atom is -0.351 e. The van der Waals surface area contributed by atoms with Crippen molar-refractivity contribution in [3.05, 3.63) is 41.6 Å². The Morgan fingerprint density at radius 1 is 1.03 bits per heavy atom. The molecule has 2 saturated carbocycles. The van der Waals surface area contributed by atoms with Crippen molar-refractivity contribution in [3.63, 3.8) is 0 Å². The second kappa shape index (κ2) is 9.20. The first kappa shape index (κ1) is 23.1. The van der Waals surface area contributed by atoms with Crippen molar-refractivity contribution in [1.29, 1.82) is 0 Å². The Balaban J connectivity index is 1.47. The molecule has 34 heavy (non-hydrogen) atoms. The average Bonchev–Trinajstić information content (AvgIpc) is 3.50. The second-order valence-corrected chi connectivity index (χ2v) is 11.0. The zero-order chi connectivity index (χ0) is 23.9. The Labute approximate surface area is 203 Å². The van der Waals surface area contributed by atoms with Crippen LogP contribution in [0.3, 0.4) is 0 Å². The van der Waals surface area contributed by atoms with Gasteiger partial charge in [-0.1, -0.05) is 70.2 Å². The SMILES string of the molecule is CC(C)c1ccc(-c2cc3n(n2)C[C@@](C)(C(=O)NC2CCCCC2)N(C2CCCC2)C3=O)cc1. The standard InChI is InChI=1S/C28H38N4O2/c1-19(2)20-13-15-21(16-14-20)24-17-25-26(33)32(23-11-7-8-12-23)28(3,18-31(25)30-24)27(34)29-22-9-5-4-6-10-22/h13-17,19,22-23H,4-12,18H2,1-3H3,(H,29,34)/t28-/m0/s1. The van der Waals surface area contributed by atoms with Gasteiger partial charge in [-0.25, -0.2) is 0 Å². The van der Waals surface area contributed by atoms with Crippen molar-refractivity contribution in [2.75, 3.05) is 0 Å². The van der Waals surface area contributed by atoms with Crippen LogP contribution in [0.5, 0.6) is 0 Å². The van der Waals surface area contributed by atoms with Crippen LogP contribution in [0.25, 0.3) is 11.3 Å². The normalized spacial score (nSPS) is 24.0. The quantitative estimate of drug-likeness (QED) is 0.657. The van der Waals surface area contributed by atoms with Crippen LogP contribution in [-0.2, 0) is 11.3 Å². The highest BCUT2D eigenvalue weighted by Crippen LogP contribution is 2.37. The van der Waals surface area contributed by atoms with Crippen molar-refractivity contribution in [1.82, 2.24) is 20.0 Å². The molecule has 6 heteroatoms. The summed E-state index contributed by atoms with van der Waals surface area (Å²) in [6.45, 7) is 6.70. The van der Waals surface area contributed by atoms with Crippen molar-refractivity contribution >= 4 is 11.8 Å². The van der Waals surface area contributed by atoms with Crippen molar-refractivity contribution in [3.8, 4) is 11.3 Å².